The number of thiazole rings is 1. The number of hydrogen-bond acceptors (Lipinski definition) is 5. The molecule has 22 heavy (non-hydrogen) atoms. The molecular weight excluding hydrogens is 302 g/mol. The molecule has 3 rings (SSSR count). The van der Waals surface area contributed by atoms with Crippen molar-refractivity contribution in [3.8, 4) is 0 Å². The molecule has 0 saturated carbocycles. The van der Waals surface area contributed by atoms with Crippen molar-refractivity contribution in [3.05, 3.63) is 35.2 Å². The average molecular weight is 319 g/mol. The highest BCUT2D eigenvalue weighted by Crippen LogP contribution is 2.22. The Morgan fingerprint density at radius 1 is 1.50 bits per heavy atom. The van der Waals surface area contributed by atoms with E-state index in [0.29, 0.717) is 24.0 Å². The Hall–Kier alpha value is -2.15. The molecule has 0 aromatic carbocycles. The van der Waals surface area contributed by atoms with Crippen LogP contribution < -0.4 is 5.32 Å². The van der Waals surface area contributed by atoms with Crippen LogP contribution in [-0.2, 0) is 4.79 Å². The lowest BCUT2D eigenvalue weighted by molar-refractivity contribution is -0.121. The summed E-state index contributed by atoms with van der Waals surface area (Å²) in [5.41, 5.74) is 0.888. The van der Waals surface area contributed by atoms with Crippen LogP contribution in [0, 0.1) is 12.8 Å². The van der Waals surface area contributed by atoms with E-state index >= 15 is 0 Å². The second-order valence-electron chi connectivity index (χ2n) is 5.35. The number of nitrogens with zero attached hydrogens (tertiary/aromatic N) is 2. The second kappa shape index (κ2) is 6.31. The Labute approximate surface area is 132 Å². The standard InChI is InChI=1S/C15H17N3O3S/c1-10-9-22-15(16-10)17-13(19)11-4-2-6-18(8-11)14(20)12-5-3-7-21-12/h3,5,7,9,11H,2,4,6,8H2,1H3,(H,16,17,19)/t11-/m0/s1. The first-order chi connectivity index (χ1) is 10.6. The maximum Gasteiger partial charge on any atom is 0.289 e. The van der Waals surface area contributed by atoms with Crippen LogP contribution in [0.2, 0.25) is 0 Å². The van der Waals surface area contributed by atoms with Gasteiger partial charge in [0.25, 0.3) is 5.91 Å². The van der Waals surface area contributed by atoms with Crippen molar-refractivity contribution >= 4 is 28.3 Å². The third kappa shape index (κ3) is 3.19. The van der Waals surface area contributed by atoms with Gasteiger partial charge in [0.05, 0.1) is 17.9 Å². The molecule has 1 aliphatic heterocycles. The fraction of sp³-hybridized carbons (Fsp3) is 0.400. The maximum atomic E-state index is 12.3. The van der Waals surface area contributed by atoms with E-state index in [2.05, 4.69) is 10.3 Å². The van der Waals surface area contributed by atoms with Crippen molar-refractivity contribution < 1.29 is 14.0 Å². The molecule has 2 aromatic rings. The monoisotopic (exact) mass is 319 g/mol. The Kier molecular flexibility index (Phi) is 4.24. The van der Waals surface area contributed by atoms with Crippen LogP contribution in [0.3, 0.4) is 0 Å². The van der Waals surface area contributed by atoms with E-state index in [1.807, 2.05) is 12.3 Å². The number of aromatic nitrogens is 1. The van der Waals surface area contributed by atoms with E-state index in [1.165, 1.54) is 17.6 Å². The molecule has 1 atom stereocenters. The van der Waals surface area contributed by atoms with Gasteiger partial charge in [-0.1, -0.05) is 0 Å². The summed E-state index contributed by atoms with van der Waals surface area (Å²) in [5, 5.41) is 5.33. The Balaban J connectivity index is 1.62. The average Bonchev–Trinajstić information content (AvgIpc) is 3.18. The van der Waals surface area contributed by atoms with Crippen molar-refractivity contribution in [2.24, 2.45) is 5.92 Å². The number of likely N-dealkylation sites (tertiary alicyclic amines) is 1. The summed E-state index contributed by atoms with van der Waals surface area (Å²) in [5.74, 6) is -0.132. The lowest BCUT2D eigenvalue weighted by Crippen LogP contribution is -2.43. The molecule has 1 aliphatic rings. The minimum atomic E-state index is -0.211. The third-order valence-electron chi connectivity index (χ3n) is 3.66. The van der Waals surface area contributed by atoms with Crippen LogP contribution >= 0.6 is 11.3 Å². The van der Waals surface area contributed by atoms with Crippen molar-refractivity contribution in [2.45, 2.75) is 19.8 Å². The van der Waals surface area contributed by atoms with Crippen molar-refractivity contribution in [3.63, 3.8) is 0 Å². The number of nitrogens with one attached hydrogen (secondary N) is 1. The zero-order chi connectivity index (χ0) is 15.5. The SMILES string of the molecule is Cc1csc(NC(=O)[C@H]2CCCN(C(=O)c3ccco3)C2)n1. The molecule has 3 heterocycles. The predicted molar refractivity (Wildman–Crippen MR) is 82.8 cm³/mol. The Morgan fingerprint density at radius 2 is 2.36 bits per heavy atom. The maximum absolute atomic E-state index is 12.3. The smallest absolute Gasteiger partial charge is 0.289 e. The van der Waals surface area contributed by atoms with E-state index < -0.39 is 0 Å². The molecule has 2 amide bonds. The van der Waals surface area contributed by atoms with E-state index in [4.69, 9.17) is 4.42 Å². The molecule has 116 valence electrons. The summed E-state index contributed by atoms with van der Waals surface area (Å²) >= 11 is 1.41. The molecule has 0 spiro atoms. The highest BCUT2D eigenvalue weighted by molar-refractivity contribution is 7.13. The minimum absolute atomic E-state index is 0.0775. The van der Waals surface area contributed by atoms with E-state index in [1.54, 1.807) is 17.0 Å². The Bertz CT molecular complexity index is 665. The molecule has 2 aromatic heterocycles. The van der Waals surface area contributed by atoms with E-state index in [-0.39, 0.29) is 17.7 Å². The first kappa shape index (κ1) is 14.8. The predicted octanol–water partition coefficient (Wildman–Crippen LogP) is 2.54. The van der Waals surface area contributed by atoms with Gasteiger partial charge < -0.3 is 14.6 Å². The van der Waals surface area contributed by atoms with Gasteiger partial charge in [-0.05, 0) is 31.9 Å². The Morgan fingerprint density at radius 3 is 3.05 bits per heavy atom. The summed E-state index contributed by atoms with van der Waals surface area (Å²) in [6, 6.07) is 3.33. The molecule has 0 aliphatic carbocycles. The van der Waals surface area contributed by atoms with Crippen LogP contribution in [0.15, 0.2) is 28.2 Å². The van der Waals surface area contributed by atoms with Gasteiger partial charge in [0.2, 0.25) is 5.91 Å². The van der Waals surface area contributed by atoms with Crippen LogP contribution in [0.4, 0.5) is 5.13 Å². The van der Waals surface area contributed by atoms with Gasteiger partial charge in [0.15, 0.2) is 10.9 Å². The van der Waals surface area contributed by atoms with Gasteiger partial charge >= 0.3 is 0 Å². The molecule has 7 heteroatoms. The van der Waals surface area contributed by atoms with Gasteiger partial charge in [-0.25, -0.2) is 4.98 Å². The van der Waals surface area contributed by atoms with Crippen molar-refractivity contribution in [1.82, 2.24) is 9.88 Å². The summed E-state index contributed by atoms with van der Waals surface area (Å²) in [6.07, 6.45) is 3.06. The summed E-state index contributed by atoms with van der Waals surface area (Å²) in [4.78, 5) is 30.5. The molecule has 0 bridgehead atoms. The quantitative estimate of drug-likeness (QED) is 0.943. The van der Waals surface area contributed by atoms with Gasteiger partial charge in [-0.3, -0.25) is 9.59 Å². The molecule has 1 saturated heterocycles. The summed E-state index contributed by atoms with van der Waals surface area (Å²) in [7, 11) is 0. The molecule has 1 N–H and O–H groups in total. The van der Waals surface area contributed by atoms with Gasteiger partial charge in [0.1, 0.15) is 0 Å². The normalized spacial score (nSPS) is 18.2. The number of carbonyl (C=O) groups is 2. The number of furan rings is 1. The fourth-order valence-electron chi connectivity index (χ4n) is 2.55. The van der Waals surface area contributed by atoms with Crippen molar-refractivity contribution in [1.29, 1.82) is 0 Å². The summed E-state index contributed by atoms with van der Waals surface area (Å²) in [6.45, 7) is 2.95. The minimum Gasteiger partial charge on any atom is -0.459 e. The third-order valence-corrected chi connectivity index (χ3v) is 4.54. The second-order valence-corrected chi connectivity index (χ2v) is 6.21. The van der Waals surface area contributed by atoms with Crippen LogP contribution in [-0.4, -0.2) is 34.8 Å². The lowest BCUT2D eigenvalue weighted by Gasteiger charge is -2.31. The zero-order valence-corrected chi connectivity index (χ0v) is 13.1. The number of aryl methyl sites for hydroxylation is 1. The van der Waals surface area contributed by atoms with Crippen LogP contribution in [0.25, 0.3) is 0 Å². The number of piperidine rings is 1. The zero-order valence-electron chi connectivity index (χ0n) is 12.2. The first-order valence-corrected chi connectivity index (χ1v) is 8.07. The highest BCUT2D eigenvalue weighted by atomic mass is 32.1. The number of hydrogen-bond donors (Lipinski definition) is 1. The largest absolute Gasteiger partial charge is 0.459 e. The number of rotatable bonds is 3. The number of anilines is 1. The number of carbonyl (C=O) groups excluding carboxylic acids is 2. The van der Waals surface area contributed by atoms with E-state index in [9.17, 15) is 9.59 Å². The molecular formula is C15H17N3O3S. The summed E-state index contributed by atoms with van der Waals surface area (Å²) < 4.78 is 5.14. The fourth-order valence-corrected chi connectivity index (χ4v) is 3.24. The van der Waals surface area contributed by atoms with Crippen LogP contribution in [0.1, 0.15) is 29.1 Å². The van der Waals surface area contributed by atoms with Crippen LogP contribution in [0.5, 0.6) is 0 Å². The van der Waals surface area contributed by atoms with Gasteiger partial charge in [0, 0.05) is 18.5 Å². The van der Waals surface area contributed by atoms with E-state index in [0.717, 1.165) is 18.5 Å². The molecule has 0 radical (unpaired) electrons. The lowest BCUT2D eigenvalue weighted by atomic mass is 9.97. The molecule has 1 fully saturated rings. The molecule has 6 nitrogen and oxygen atoms in total. The van der Waals surface area contributed by atoms with Gasteiger partial charge in [-0.15, -0.1) is 11.3 Å². The molecule has 0 unspecified atom stereocenters. The number of amides is 2. The first-order valence-electron chi connectivity index (χ1n) is 7.19. The highest BCUT2D eigenvalue weighted by Gasteiger charge is 2.30. The van der Waals surface area contributed by atoms with Crippen molar-refractivity contribution in [2.75, 3.05) is 18.4 Å². The topological polar surface area (TPSA) is 75.4 Å². The van der Waals surface area contributed by atoms with Gasteiger partial charge in [-0.2, -0.15) is 0 Å².